The van der Waals surface area contributed by atoms with Crippen LogP contribution in [0.2, 0.25) is 0 Å². The Kier molecular flexibility index (Phi) is 6.13. The van der Waals surface area contributed by atoms with Gasteiger partial charge in [0.2, 0.25) is 0 Å². The van der Waals surface area contributed by atoms with Crippen molar-refractivity contribution in [1.82, 2.24) is 0 Å². The van der Waals surface area contributed by atoms with Gasteiger partial charge >= 0.3 is 0 Å². The van der Waals surface area contributed by atoms with Crippen molar-refractivity contribution in [2.24, 2.45) is 0 Å². The van der Waals surface area contributed by atoms with Crippen molar-refractivity contribution in [3.63, 3.8) is 0 Å². The highest BCUT2D eigenvalue weighted by molar-refractivity contribution is 5.26. The van der Waals surface area contributed by atoms with Crippen LogP contribution in [0.15, 0.2) is 24.3 Å². The van der Waals surface area contributed by atoms with Gasteiger partial charge in [0.1, 0.15) is 12.4 Å². The number of unbranched alkanes of at least 4 members (excludes halogenated alkanes) is 1. The highest BCUT2D eigenvalue weighted by Crippen LogP contribution is 2.11. The Morgan fingerprint density at radius 3 is 2.50 bits per heavy atom. The molecule has 0 amide bonds. The van der Waals surface area contributed by atoms with E-state index >= 15 is 0 Å². The monoisotopic (exact) mass is 218 g/mol. The quantitative estimate of drug-likeness (QED) is 0.517. The Morgan fingerprint density at radius 2 is 1.81 bits per heavy atom. The van der Waals surface area contributed by atoms with Gasteiger partial charge in [-0.2, -0.15) is 0 Å². The molecule has 1 aromatic carbocycles. The maximum absolute atomic E-state index is 5.57. The first-order chi connectivity index (χ1) is 7.83. The second-order valence-electron chi connectivity index (χ2n) is 3.63. The van der Waals surface area contributed by atoms with Crippen LogP contribution in [0.4, 0.5) is 0 Å². The van der Waals surface area contributed by atoms with Crippen LogP contribution in [0.5, 0.6) is 5.75 Å². The Labute approximate surface area is 97.6 Å². The van der Waals surface area contributed by atoms with E-state index in [0.29, 0.717) is 13.2 Å². The molecule has 2 heteroatoms. The first-order valence-electron chi connectivity index (χ1n) is 5.53. The Balaban J connectivity index is 2.03. The Bertz CT molecular complexity index is 322. The van der Waals surface area contributed by atoms with Crippen LogP contribution in [0.25, 0.3) is 0 Å². The molecule has 0 aliphatic heterocycles. The first-order valence-corrected chi connectivity index (χ1v) is 5.53. The molecule has 0 aliphatic rings. The number of hydrogen-bond donors (Lipinski definition) is 0. The highest BCUT2D eigenvalue weighted by atomic mass is 16.5. The fourth-order valence-corrected chi connectivity index (χ4v) is 1.26. The van der Waals surface area contributed by atoms with Crippen LogP contribution in [0.3, 0.4) is 0 Å². The van der Waals surface area contributed by atoms with Gasteiger partial charge < -0.3 is 9.47 Å². The van der Waals surface area contributed by atoms with Crippen molar-refractivity contribution in [3.8, 4) is 18.1 Å². The molecule has 16 heavy (non-hydrogen) atoms. The molecular formula is C14H18O2. The minimum atomic E-state index is 0.402. The summed E-state index contributed by atoms with van der Waals surface area (Å²) in [6.07, 6.45) is 7.02. The largest absolute Gasteiger partial charge is 0.494 e. The predicted octanol–water partition coefficient (Wildman–Crippen LogP) is 2.80. The topological polar surface area (TPSA) is 18.5 Å². The van der Waals surface area contributed by atoms with Crippen molar-refractivity contribution in [1.29, 1.82) is 0 Å². The van der Waals surface area contributed by atoms with Crippen LogP contribution in [0.1, 0.15) is 18.4 Å². The summed E-state index contributed by atoms with van der Waals surface area (Å²) < 4.78 is 10.7. The van der Waals surface area contributed by atoms with Crippen LogP contribution in [-0.4, -0.2) is 19.8 Å². The molecule has 0 radical (unpaired) electrons. The van der Waals surface area contributed by atoms with E-state index < -0.39 is 0 Å². The van der Waals surface area contributed by atoms with E-state index in [-0.39, 0.29) is 0 Å². The van der Waals surface area contributed by atoms with E-state index in [4.69, 9.17) is 15.9 Å². The molecular weight excluding hydrogens is 200 g/mol. The van der Waals surface area contributed by atoms with Crippen LogP contribution in [-0.2, 0) is 4.74 Å². The van der Waals surface area contributed by atoms with E-state index in [2.05, 4.69) is 12.8 Å². The maximum Gasteiger partial charge on any atom is 0.119 e. The molecule has 1 rings (SSSR count). The van der Waals surface area contributed by atoms with Gasteiger partial charge in [-0.05, 0) is 31.9 Å². The van der Waals surface area contributed by atoms with Crippen molar-refractivity contribution in [3.05, 3.63) is 29.8 Å². The zero-order chi connectivity index (χ0) is 11.6. The fourth-order valence-electron chi connectivity index (χ4n) is 1.26. The van der Waals surface area contributed by atoms with Gasteiger partial charge in [-0.3, -0.25) is 0 Å². The van der Waals surface area contributed by atoms with Gasteiger partial charge in [-0.15, -0.1) is 6.42 Å². The summed E-state index contributed by atoms with van der Waals surface area (Å²) in [5, 5.41) is 0. The number of ether oxygens (including phenoxy) is 2. The third-order valence-electron chi connectivity index (χ3n) is 2.16. The zero-order valence-corrected chi connectivity index (χ0v) is 9.74. The SMILES string of the molecule is C#CCOCCCCOc1ccc(C)cc1. The van der Waals surface area contributed by atoms with E-state index in [9.17, 15) is 0 Å². The van der Waals surface area contributed by atoms with Crippen LogP contribution >= 0.6 is 0 Å². The van der Waals surface area contributed by atoms with Crippen molar-refractivity contribution in [2.45, 2.75) is 19.8 Å². The lowest BCUT2D eigenvalue weighted by Gasteiger charge is -2.06. The lowest BCUT2D eigenvalue weighted by molar-refractivity contribution is 0.156. The van der Waals surface area contributed by atoms with Crippen LogP contribution in [0, 0.1) is 19.3 Å². The van der Waals surface area contributed by atoms with Crippen molar-refractivity contribution < 1.29 is 9.47 Å². The van der Waals surface area contributed by atoms with Gasteiger partial charge in [-0.1, -0.05) is 23.6 Å². The average molecular weight is 218 g/mol. The van der Waals surface area contributed by atoms with Crippen molar-refractivity contribution in [2.75, 3.05) is 19.8 Å². The second-order valence-corrected chi connectivity index (χ2v) is 3.63. The van der Waals surface area contributed by atoms with Crippen LogP contribution < -0.4 is 4.74 Å². The predicted molar refractivity (Wildman–Crippen MR) is 65.6 cm³/mol. The van der Waals surface area contributed by atoms with E-state index in [1.165, 1.54) is 5.56 Å². The smallest absolute Gasteiger partial charge is 0.119 e. The summed E-state index contributed by atoms with van der Waals surface area (Å²) in [5.41, 5.74) is 1.25. The molecule has 0 saturated carbocycles. The van der Waals surface area contributed by atoms with E-state index in [0.717, 1.165) is 25.2 Å². The molecule has 0 heterocycles. The lowest BCUT2D eigenvalue weighted by atomic mass is 10.2. The first kappa shape index (κ1) is 12.6. The summed E-state index contributed by atoms with van der Waals surface area (Å²) in [4.78, 5) is 0. The second kappa shape index (κ2) is 7.78. The van der Waals surface area contributed by atoms with Gasteiger partial charge in [0.05, 0.1) is 6.61 Å². The van der Waals surface area contributed by atoms with Gasteiger partial charge in [-0.25, -0.2) is 0 Å². The van der Waals surface area contributed by atoms with Gasteiger partial charge in [0.15, 0.2) is 0 Å². The number of rotatable bonds is 7. The summed E-state index contributed by atoms with van der Waals surface area (Å²) in [7, 11) is 0. The van der Waals surface area contributed by atoms with Gasteiger partial charge in [0, 0.05) is 6.61 Å². The molecule has 0 unspecified atom stereocenters. The standard InChI is InChI=1S/C14H18O2/c1-3-10-15-11-4-5-12-16-14-8-6-13(2)7-9-14/h1,6-9H,4-5,10-12H2,2H3. The molecule has 0 N–H and O–H groups in total. The number of hydrogen-bond acceptors (Lipinski definition) is 2. The van der Waals surface area contributed by atoms with E-state index in [1.807, 2.05) is 24.3 Å². The lowest BCUT2D eigenvalue weighted by Crippen LogP contribution is -2.01. The van der Waals surface area contributed by atoms with Crippen molar-refractivity contribution >= 4 is 0 Å². The molecule has 86 valence electrons. The molecule has 0 atom stereocenters. The molecule has 0 saturated heterocycles. The minimum Gasteiger partial charge on any atom is -0.494 e. The third kappa shape index (κ3) is 5.43. The fraction of sp³-hybridized carbons (Fsp3) is 0.429. The highest BCUT2D eigenvalue weighted by Gasteiger charge is 1.93. The maximum atomic E-state index is 5.57. The number of benzene rings is 1. The number of terminal acetylenes is 1. The normalized spacial score (nSPS) is 9.75. The Morgan fingerprint density at radius 1 is 1.12 bits per heavy atom. The molecule has 0 aromatic heterocycles. The number of aryl methyl sites for hydroxylation is 1. The Hall–Kier alpha value is -1.46. The molecule has 2 nitrogen and oxygen atoms in total. The molecule has 0 fully saturated rings. The summed E-state index contributed by atoms with van der Waals surface area (Å²) >= 11 is 0. The molecule has 1 aromatic rings. The summed E-state index contributed by atoms with van der Waals surface area (Å²) in [6, 6.07) is 8.07. The molecule has 0 aliphatic carbocycles. The zero-order valence-electron chi connectivity index (χ0n) is 9.74. The summed E-state index contributed by atoms with van der Waals surface area (Å²) in [5.74, 6) is 3.36. The minimum absolute atomic E-state index is 0.402. The molecule has 0 bridgehead atoms. The third-order valence-corrected chi connectivity index (χ3v) is 2.16. The molecule has 0 spiro atoms. The summed E-state index contributed by atoms with van der Waals surface area (Å²) in [6.45, 7) is 3.90. The van der Waals surface area contributed by atoms with E-state index in [1.54, 1.807) is 0 Å². The van der Waals surface area contributed by atoms with Gasteiger partial charge in [0.25, 0.3) is 0 Å². The average Bonchev–Trinajstić information content (AvgIpc) is 2.30.